The largest absolute Gasteiger partial charge is 0.493 e. The minimum Gasteiger partial charge on any atom is -0.493 e. The first kappa shape index (κ1) is 21.5. The fourth-order valence-electron chi connectivity index (χ4n) is 2.40. The molecule has 0 aliphatic heterocycles. The maximum absolute atomic E-state index is 12.5. The molecule has 2 aromatic rings. The van der Waals surface area contributed by atoms with Crippen LogP contribution in [-0.4, -0.2) is 38.4 Å². The highest BCUT2D eigenvalue weighted by Crippen LogP contribution is 2.30. The van der Waals surface area contributed by atoms with Crippen molar-refractivity contribution < 1.29 is 31.6 Å². The van der Waals surface area contributed by atoms with Gasteiger partial charge in [-0.05, 0) is 23.3 Å². The summed E-state index contributed by atoms with van der Waals surface area (Å²) in [7, 11) is -1.11. The number of nitro benzene ring substituents is 1. The molecule has 0 atom stereocenters. The van der Waals surface area contributed by atoms with E-state index in [2.05, 4.69) is 4.74 Å². The van der Waals surface area contributed by atoms with Gasteiger partial charge in [-0.25, -0.2) is 12.7 Å². The van der Waals surface area contributed by atoms with Crippen LogP contribution in [0.1, 0.15) is 11.1 Å². The van der Waals surface area contributed by atoms with Gasteiger partial charge in [0.25, 0.3) is 5.69 Å². The second-order valence-electron chi connectivity index (χ2n) is 5.80. The smallest absolute Gasteiger partial charge is 0.387 e. The van der Waals surface area contributed by atoms with Gasteiger partial charge in [0, 0.05) is 25.7 Å². The molecule has 0 heterocycles. The number of rotatable bonds is 9. The van der Waals surface area contributed by atoms with E-state index >= 15 is 0 Å². The van der Waals surface area contributed by atoms with Crippen molar-refractivity contribution in [1.82, 2.24) is 4.31 Å². The Morgan fingerprint density at radius 1 is 1.11 bits per heavy atom. The quantitative estimate of drug-likeness (QED) is 0.460. The van der Waals surface area contributed by atoms with Gasteiger partial charge >= 0.3 is 6.61 Å². The first-order chi connectivity index (χ1) is 13.1. The molecule has 0 bridgehead atoms. The third-order valence-corrected chi connectivity index (χ3v) is 5.60. The van der Waals surface area contributed by atoms with Crippen LogP contribution in [0.5, 0.6) is 11.5 Å². The van der Waals surface area contributed by atoms with E-state index in [1.54, 1.807) is 0 Å². The second kappa shape index (κ2) is 8.93. The maximum Gasteiger partial charge on any atom is 0.387 e. The first-order valence-corrected chi connectivity index (χ1v) is 9.52. The number of ether oxygens (including phenoxy) is 2. The highest BCUT2D eigenvalue weighted by Gasteiger charge is 2.20. The number of benzene rings is 2. The molecule has 0 aliphatic carbocycles. The van der Waals surface area contributed by atoms with E-state index in [0.717, 1.165) is 4.31 Å². The molecule has 2 aromatic carbocycles. The van der Waals surface area contributed by atoms with Crippen LogP contribution >= 0.6 is 0 Å². The van der Waals surface area contributed by atoms with E-state index in [0.29, 0.717) is 11.1 Å². The molecule has 0 amide bonds. The first-order valence-electron chi connectivity index (χ1n) is 7.91. The van der Waals surface area contributed by atoms with Gasteiger partial charge in [-0.15, -0.1) is 0 Å². The van der Waals surface area contributed by atoms with Crippen LogP contribution in [0.25, 0.3) is 0 Å². The standard InChI is InChI=1S/C17H18F2N2O6S/c1-20(10-13-5-8-15(26-2)16(9-13)27-17(18)19)28(24,25)11-12-3-6-14(7-4-12)21(22)23/h3-9,17H,10-11H2,1-2H3. The lowest BCUT2D eigenvalue weighted by Crippen LogP contribution is -2.27. The molecule has 0 saturated heterocycles. The van der Waals surface area contributed by atoms with Crippen LogP contribution in [0.3, 0.4) is 0 Å². The molecule has 2 rings (SSSR count). The molecule has 0 spiro atoms. The summed E-state index contributed by atoms with van der Waals surface area (Å²) in [6.07, 6.45) is 0. The number of alkyl halides is 2. The van der Waals surface area contributed by atoms with Gasteiger partial charge in [-0.3, -0.25) is 10.1 Å². The van der Waals surface area contributed by atoms with Crippen molar-refractivity contribution >= 4 is 15.7 Å². The number of nitrogens with zero attached hydrogens (tertiary/aromatic N) is 2. The number of hydrogen-bond acceptors (Lipinski definition) is 6. The van der Waals surface area contributed by atoms with E-state index in [9.17, 15) is 27.3 Å². The highest BCUT2D eigenvalue weighted by atomic mass is 32.2. The van der Waals surface area contributed by atoms with Gasteiger partial charge in [-0.1, -0.05) is 18.2 Å². The lowest BCUT2D eigenvalue weighted by Gasteiger charge is -2.18. The molecule has 11 heteroatoms. The Morgan fingerprint density at radius 3 is 2.25 bits per heavy atom. The van der Waals surface area contributed by atoms with Gasteiger partial charge in [-0.2, -0.15) is 8.78 Å². The van der Waals surface area contributed by atoms with Gasteiger partial charge in [0.2, 0.25) is 10.0 Å². The molecule has 0 unspecified atom stereocenters. The maximum atomic E-state index is 12.5. The molecule has 0 aliphatic rings. The van der Waals surface area contributed by atoms with E-state index < -0.39 is 21.6 Å². The Labute approximate surface area is 160 Å². The fourth-order valence-corrected chi connectivity index (χ4v) is 3.58. The Kier molecular flexibility index (Phi) is 6.86. The summed E-state index contributed by atoms with van der Waals surface area (Å²) in [6, 6.07) is 9.41. The van der Waals surface area contributed by atoms with Crippen molar-refractivity contribution in [2.75, 3.05) is 14.2 Å². The van der Waals surface area contributed by atoms with Crippen LogP contribution in [0.2, 0.25) is 0 Å². The molecule has 28 heavy (non-hydrogen) atoms. The van der Waals surface area contributed by atoms with Gasteiger partial charge < -0.3 is 9.47 Å². The molecule has 0 N–H and O–H groups in total. The normalized spacial score (nSPS) is 11.6. The van der Waals surface area contributed by atoms with E-state index in [-0.39, 0.29) is 29.5 Å². The third-order valence-electron chi connectivity index (χ3n) is 3.82. The van der Waals surface area contributed by atoms with Gasteiger partial charge in [0.1, 0.15) is 0 Å². The molecule has 0 fully saturated rings. The van der Waals surface area contributed by atoms with Gasteiger partial charge in [0.15, 0.2) is 11.5 Å². The van der Waals surface area contributed by atoms with Crippen molar-refractivity contribution in [3.05, 3.63) is 63.7 Å². The number of nitro groups is 1. The molecule has 8 nitrogen and oxygen atoms in total. The molecular weight excluding hydrogens is 398 g/mol. The van der Waals surface area contributed by atoms with Crippen LogP contribution < -0.4 is 9.47 Å². The summed E-state index contributed by atoms with van der Waals surface area (Å²) in [5.74, 6) is -0.463. The third kappa shape index (κ3) is 5.60. The summed E-state index contributed by atoms with van der Waals surface area (Å²) in [6.45, 7) is -3.13. The topological polar surface area (TPSA) is 99.0 Å². The SMILES string of the molecule is COc1ccc(CN(C)S(=O)(=O)Cc2ccc([N+](=O)[O-])cc2)cc1OC(F)F. The lowest BCUT2D eigenvalue weighted by molar-refractivity contribution is -0.384. The van der Waals surface area contributed by atoms with Crippen LogP contribution in [-0.2, 0) is 22.3 Å². The Balaban J connectivity index is 2.14. The van der Waals surface area contributed by atoms with E-state index in [1.165, 1.54) is 56.6 Å². The van der Waals surface area contributed by atoms with Crippen molar-refractivity contribution in [1.29, 1.82) is 0 Å². The summed E-state index contributed by atoms with van der Waals surface area (Å²) in [5, 5.41) is 10.7. The number of non-ortho nitro benzene ring substituents is 1. The fraction of sp³-hybridized carbons (Fsp3) is 0.294. The zero-order valence-corrected chi connectivity index (χ0v) is 15.9. The highest BCUT2D eigenvalue weighted by molar-refractivity contribution is 7.88. The monoisotopic (exact) mass is 416 g/mol. The van der Waals surface area contributed by atoms with Crippen molar-refractivity contribution in [2.45, 2.75) is 18.9 Å². The zero-order valence-electron chi connectivity index (χ0n) is 15.0. The summed E-state index contributed by atoms with van der Waals surface area (Å²) in [5.41, 5.74) is 0.666. The minimum atomic E-state index is -3.75. The Hall–Kier alpha value is -2.79. The second-order valence-corrected chi connectivity index (χ2v) is 7.88. The molecule has 0 radical (unpaired) electrons. The van der Waals surface area contributed by atoms with E-state index in [1.807, 2.05) is 0 Å². The number of halogens is 2. The molecule has 152 valence electrons. The number of hydrogen-bond donors (Lipinski definition) is 0. The molecule has 0 aromatic heterocycles. The minimum absolute atomic E-state index is 0.0844. The summed E-state index contributed by atoms with van der Waals surface area (Å²) in [4.78, 5) is 10.1. The molecule has 0 saturated carbocycles. The van der Waals surface area contributed by atoms with Crippen molar-refractivity contribution in [2.24, 2.45) is 0 Å². The summed E-state index contributed by atoms with van der Waals surface area (Å²) >= 11 is 0. The van der Waals surface area contributed by atoms with Crippen LogP contribution in [0.4, 0.5) is 14.5 Å². The average Bonchev–Trinajstić information content (AvgIpc) is 2.61. The molecular formula is C17H18F2N2O6S. The zero-order chi connectivity index (χ0) is 20.9. The van der Waals surface area contributed by atoms with E-state index in [4.69, 9.17) is 4.74 Å². The van der Waals surface area contributed by atoms with Crippen LogP contribution in [0, 0.1) is 10.1 Å². The predicted octanol–water partition coefficient (Wildman–Crippen LogP) is 3.17. The summed E-state index contributed by atoms with van der Waals surface area (Å²) < 4.78 is 60.5. The number of methoxy groups -OCH3 is 1. The number of sulfonamides is 1. The predicted molar refractivity (Wildman–Crippen MR) is 96.8 cm³/mol. The Morgan fingerprint density at radius 2 is 1.71 bits per heavy atom. The van der Waals surface area contributed by atoms with Crippen molar-refractivity contribution in [3.8, 4) is 11.5 Å². The van der Waals surface area contributed by atoms with Crippen LogP contribution in [0.15, 0.2) is 42.5 Å². The van der Waals surface area contributed by atoms with Crippen molar-refractivity contribution in [3.63, 3.8) is 0 Å². The Bertz CT molecular complexity index is 935. The van der Waals surface area contributed by atoms with Gasteiger partial charge in [0.05, 0.1) is 17.8 Å². The lowest BCUT2D eigenvalue weighted by atomic mass is 10.2. The average molecular weight is 416 g/mol.